The van der Waals surface area contributed by atoms with E-state index in [0.29, 0.717) is 22.1 Å². The first kappa shape index (κ1) is 12.4. The highest BCUT2D eigenvalue weighted by atomic mass is 35.5. The van der Waals surface area contributed by atoms with Crippen LogP contribution in [0.3, 0.4) is 0 Å². The molecule has 0 bridgehead atoms. The van der Waals surface area contributed by atoms with Gasteiger partial charge in [-0.2, -0.15) is 5.10 Å². The number of nitrogens with zero attached hydrogens (tertiary/aromatic N) is 2. The molecule has 1 aromatic heterocycles. The lowest BCUT2D eigenvalue weighted by atomic mass is 10.2. The van der Waals surface area contributed by atoms with Gasteiger partial charge in [-0.25, -0.2) is 0 Å². The first-order valence-corrected chi connectivity index (χ1v) is 5.72. The Morgan fingerprint density at radius 2 is 2.22 bits per heavy atom. The van der Waals surface area contributed by atoms with Gasteiger partial charge in [-0.1, -0.05) is 17.7 Å². The number of hydrogen-bond acceptors (Lipinski definition) is 3. The summed E-state index contributed by atoms with van der Waals surface area (Å²) in [6, 6.07) is 5.41. The number of benzene rings is 1. The van der Waals surface area contributed by atoms with E-state index >= 15 is 0 Å². The third-order valence-corrected chi connectivity index (χ3v) is 2.93. The van der Waals surface area contributed by atoms with Crippen LogP contribution in [0.5, 0.6) is 0 Å². The molecule has 1 heterocycles. The van der Waals surface area contributed by atoms with Crippen molar-refractivity contribution in [1.82, 2.24) is 9.78 Å². The lowest BCUT2D eigenvalue weighted by molar-refractivity contribution is 0.102. The fraction of sp³-hybridized carbons (Fsp3) is 0.167. The van der Waals surface area contributed by atoms with Gasteiger partial charge in [0.25, 0.3) is 5.91 Å². The van der Waals surface area contributed by atoms with Gasteiger partial charge in [0.2, 0.25) is 0 Å². The Morgan fingerprint density at radius 1 is 1.50 bits per heavy atom. The molecule has 0 spiro atoms. The molecule has 6 heteroatoms. The summed E-state index contributed by atoms with van der Waals surface area (Å²) in [7, 11) is 1.67. The van der Waals surface area contributed by atoms with Gasteiger partial charge in [0, 0.05) is 7.05 Å². The molecular formula is C12H13ClN4O. The Kier molecular flexibility index (Phi) is 3.25. The van der Waals surface area contributed by atoms with Gasteiger partial charge in [0.15, 0.2) is 0 Å². The molecule has 0 atom stereocenters. The van der Waals surface area contributed by atoms with Crippen molar-refractivity contribution in [3.05, 3.63) is 40.5 Å². The predicted octanol–water partition coefficient (Wildman–Crippen LogP) is 2.22. The van der Waals surface area contributed by atoms with E-state index in [4.69, 9.17) is 17.3 Å². The number of aryl methyl sites for hydroxylation is 2. The molecular weight excluding hydrogens is 252 g/mol. The number of nitrogen functional groups attached to an aromatic ring is 1. The van der Waals surface area contributed by atoms with Crippen molar-refractivity contribution in [3.63, 3.8) is 0 Å². The third-order valence-electron chi connectivity index (χ3n) is 2.60. The minimum Gasteiger partial charge on any atom is -0.383 e. The number of carbonyl (C=O) groups is 1. The number of nitrogens with two attached hydrogens (primary N) is 1. The van der Waals surface area contributed by atoms with Crippen LogP contribution in [0.15, 0.2) is 24.4 Å². The quantitative estimate of drug-likeness (QED) is 0.873. The monoisotopic (exact) mass is 264 g/mol. The molecule has 0 saturated heterocycles. The molecule has 0 aliphatic rings. The highest BCUT2D eigenvalue weighted by molar-refractivity contribution is 6.34. The summed E-state index contributed by atoms with van der Waals surface area (Å²) in [6.07, 6.45) is 1.42. The summed E-state index contributed by atoms with van der Waals surface area (Å²) in [4.78, 5) is 12.0. The number of hydrogen-bond donors (Lipinski definition) is 2. The summed E-state index contributed by atoms with van der Waals surface area (Å²) in [5.41, 5.74) is 7.63. The number of carbonyl (C=O) groups excluding carboxylic acids is 1. The molecule has 18 heavy (non-hydrogen) atoms. The van der Waals surface area contributed by atoms with Crippen LogP contribution in [0, 0.1) is 6.92 Å². The van der Waals surface area contributed by atoms with E-state index in [0.717, 1.165) is 5.56 Å². The third kappa shape index (κ3) is 2.31. The van der Waals surface area contributed by atoms with E-state index in [1.807, 2.05) is 13.0 Å². The first-order valence-electron chi connectivity index (χ1n) is 5.34. The molecule has 0 unspecified atom stereocenters. The highest BCUT2D eigenvalue weighted by Crippen LogP contribution is 2.23. The zero-order valence-electron chi connectivity index (χ0n) is 10.1. The van der Waals surface area contributed by atoms with Crippen molar-refractivity contribution < 1.29 is 4.79 Å². The smallest absolute Gasteiger partial charge is 0.261 e. The van der Waals surface area contributed by atoms with E-state index in [-0.39, 0.29) is 5.91 Å². The Balaban J connectivity index is 2.27. The predicted molar refractivity (Wildman–Crippen MR) is 71.8 cm³/mol. The second kappa shape index (κ2) is 4.70. The van der Waals surface area contributed by atoms with Crippen LogP contribution >= 0.6 is 11.6 Å². The van der Waals surface area contributed by atoms with Gasteiger partial charge >= 0.3 is 0 Å². The average molecular weight is 265 g/mol. The largest absolute Gasteiger partial charge is 0.383 e. The van der Waals surface area contributed by atoms with Gasteiger partial charge in [-0.05, 0) is 24.6 Å². The van der Waals surface area contributed by atoms with Crippen molar-refractivity contribution in [2.45, 2.75) is 6.92 Å². The summed E-state index contributed by atoms with van der Waals surface area (Å²) >= 11 is 6.01. The van der Waals surface area contributed by atoms with Crippen LogP contribution in [0.25, 0.3) is 0 Å². The minimum atomic E-state index is -0.326. The maximum atomic E-state index is 12.0. The zero-order valence-corrected chi connectivity index (χ0v) is 10.8. The summed E-state index contributed by atoms with van der Waals surface area (Å²) in [5, 5.41) is 7.12. The van der Waals surface area contributed by atoms with Crippen LogP contribution in [0.1, 0.15) is 15.9 Å². The van der Waals surface area contributed by atoms with E-state index in [2.05, 4.69) is 10.4 Å². The highest BCUT2D eigenvalue weighted by Gasteiger charge is 2.14. The van der Waals surface area contributed by atoms with Crippen LogP contribution in [0.2, 0.25) is 5.02 Å². The Morgan fingerprint density at radius 3 is 2.83 bits per heavy atom. The SMILES string of the molecule is Cc1ccc(Cl)c(NC(=O)c2cnn(C)c2N)c1. The fourth-order valence-electron chi connectivity index (χ4n) is 1.55. The molecule has 0 fully saturated rings. The standard InChI is InChI=1S/C12H13ClN4O/c1-7-3-4-9(13)10(5-7)16-12(18)8-6-15-17(2)11(8)14/h3-6H,14H2,1-2H3,(H,16,18). The van der Waals surface area contributed by atoms with E-state index < -0.39 is 0 Å². The van der Waals surface area contributed by atoms with E-state index in [9.17, 15) is 4.79 Å². The van der Waals surface area contributed by atoms with Gasteiger partial charge in [0.05, 0.1) is 16.9 Å². The average Bonchev–Trinajstić information content (AvgIpc) is 2.65. The van der Waals surface area contributed by atoms with Crippen molar-refractivity contribution in [2.24, 2.45) is 7.05 Å². The zero-order chi connectivity index (χ0) is 13.3. The van der Waals surface area contributed by atoms with Crippen molar-refractivity contribution >= 4 is 29.0 Å². The number of aromatic nitrogens is 2. The summed E-state index contributed by atoms with van der Waals surface area (Å²) in [6.45, 7) is 1.92. The maximum Gasteiger partial charge on any atom is 0.261 e. The molecule has 0 aliphatic carbocycles. The summed E-state index contributed by atoms with van der Waals surface area (Å²) < 4.78 is 1.44. The lowest BCUT2D eigenvalue weighted by Gasteiger charge is -2.07. The number of rotatable bonds is 2. The number of halogens is 1. The molecule has 3 N–H and O–H groups in total. The Labute approximate surface area is 110 Å². The molecule has 94 valence electrons. The van der Waals surface area contributed by atoms with Crippen LogP contribution < -0.4 is 11.1 Å². The molecule has 1 amide bonds. The van der Waals surface area contributed by atoms with E-state index in [1.54, 1.807) is 19.2 Å². The minimum absolute atomic E-state index is 0.316. The van der Waals surface area contributed by atoms with Crippen molar-refractivity contribution in [2.75, 3.05) is 11.1 Å². The lowest BCUT2D eigenvalue weighted by Crippen LogP contribution is -2.14. The van der Waals surface area contributed by atoms with E-state index in [1.165, 1.54) is 10.9 Å². The molecule has 2 aromatic rings. The van der Waals surface area contributed by atoms with Gasteiger partial charge < -0.3 is 11.1 Å². The Hall–Kier alpha value is -2.01. The normalized spacial score (nSPS) is 10.4. The second-order valence-electron chi connectivity index (χ2n) is 4.00. The molecule has 5 nitrogen and oxygen atoms in total. The van der Waals surface area contributed by atoms with Gasteiger partial charge in [-0.15, -0.1) is 0 Å². The number of anilines is 2. The van der Waals surface area contributed by atoms with Crippen LogP contribution in [-0.2, 0) is 7.05 Å². The van der Waals surface area contributed by atoms with Gasteiger partial charge in [0.1, 0.15) is 11.4 Å². The fourth-order valence-corrected chi connectivity index (χ4v) is 1.71. The van der Waals surface area contributed by atoms with Crippen molar-refractivity contribution in [3.8, 4) is 0 Å². The first-order chi connectivity index (χ1) is 8.49. The van der Waals surface area contributed by atoms with Gasteiger partial charge in [-0.3, -0.25) is 9.48 Å². The molecule has 0 saturated carbocycles. The Bertz CT molecular complexity index is 606. The molecule has 1 aromatic carbocycles. The molecule has 0 radical (unpaired) electrons. The van der Waals surface area contributed by atoms with Crippen LogP contribution in [0.4, 0.5) is 11.5 Å². The van der Waals surface area contributed by atoms with Crippen molar-refractivity contribution in [1.29, 1.82) is 0 Å². The maximum absolute atomic E-state index is 12.0. The van der Waals surface area contributed by atoms with Crippen LogP contribution in [-0.4, -0.2) is 15.7 Å². The molecule has 2 rings (SSSR count). The number of nitrogens with one attached hydrogen (secondary N) is 1. The summed E-state index contributed by atoms with van der Waals surface area (Å²) in [5.74, 6) is -0.00984. The number of amides is 1. The topological polar surface area (TPSA) is 72.9 Å². The second-order valence-corrected chi connectivity index (χ2v) is 4.41. The molecule has 0 aliphatic heterocycles.